The average Bonchev–Trinajstić information content (AvgIpc) is 3.54. The summed E-state index contributed by atoms with van der Waals surface area (Å²) in [6.45, 7) is 0.0454. The summed E-state index contributed by atoms with van der Waals surface area (Å²) in [4.78, 5) is 25.2. The summed E-state index contributed by atoms with van der Waals surface area (Å²) in [5.41, 5.74) is 3.28. The number of carbonyl (C=O) groups is 2. The third-order valence-corrected chi connectivity index (χ3v) is 5.25. The second-order valence-electron chi connectivity index (χ2n) is 7.57. The van der Waals surface area contributed by atoms with E-state index in [1.54, 1.807) is 18.2 Å². The van der Waals surface area contributed by atoms with Crippen molar-refractivity contribution in [3.05, 3.63) is 96.2 Å². The number of amides is 1. The summed E-state index contributed by atoms with van der Waals surface area (Å²) < 4.78 is 17.5. The predicted molar refractivity (Wildman–Crippen MR) is 124 cm³/mol. The summed E-state index contributed by atoms with van der Waals surface area (Å²) >= 11 is 0. The molecule has 0 aliphatic carbocycles. The zero-order chi connectivity index (χ0) is 23.3. The Bertz CT molecular complexity index is 1320. The largest absolute Gasteiger partial charge is 0.454 e. The number of hydrogen-bond acceptors (Lipinski definition) is 6. The highest BCUT2D eigenvalue weighted by molar-refractivity contribution is 5.91. The molecule has 8 nitrogen and oxygen atoms in total. The summed E-state index contributed by atoms with van der Waals surface area (Å²) in [6, 6.07) is 25.9. The van der Waals surface area contributed by atoms with Crippen LogP contribution in [0.1, 0.15) is 16.1 Å². The maximum Gasteiger partial charge on any atom is 0.357 e. The molecule has 0 atom stereocenters. The molecule has 0 spiro atoms. The van der Waals surface area contributed by atoms with Gasteiger partial charge in [-0.3, -0.25) is 4.79 Å². The van der Waals surface area contributed by atoms with Crippen LogP contribution in [0, 0.1) is 0 Å². The number of ether oxygens (including phenoxy) is 3. The lowest BCUT2D eigenvalue weighted by Gasteiger charge is -2.09. The molecule has 1 aliphatic heterocycles. The first-order chi connectivity index (χ1) is 16.7. The Morgan fingerprint density at radius 2 is 1.65 bits per heavy atom. The molecular formula is C26H21N3O5. The molecule has 0 unspecified atom stereocenters. The Hall–Kier alpha value is -4.59. The highest BCUT2D eigenvalue weighted by Gasteiger charge is 2.20. The van der Waals surface area contributed by atoms with E-state index >= 15 is 0 Å². The molecule has 34 heavy (non-hydrogen) atoms. The van der Waals surface area contributed by atoms with Crippen LogP contribution < -0.4 is 14.8 Å². The van der Waals surface area contributed by atoms with Gasteiger partial charge in [0.15, 0.2) is 23.8 Å². The second-order valence-corrected chi connectivity index (χ2v) is 7.57. The third kappa shape index (κ3) is 4.61. The minimum atomic E-state index is -0.642. The molecular weight excluding hydrogens is 434 g/mol. The molecule has 170 valence electrons. The van der Waals surface area contributed by atoms with E-state index in [-0.39, 0.29) is 19.0 Å². The molecule has 1 N–H and O–H groups in total. The topological polar surface area (TPSA) is 91.7 Å². The highest BCUT2D eigenvalue weighted by atomic mass is 16.7. The zero-order valence-corrected chi connectivity index (χ0v) is 18.1. The molecule has 5 rings (SSSR count). The minimum Gasteiger partial charge on any atom is -0.454 e. The maximum atomic E-state index is 12.9. The molecule has 3 aromatic carbocycles. The Morgan fingerprint density at radius 1 is 0.912 bits per heavy atom. The van der Waals surface area contributed by atoms with E-state index in [0.29, 0.717) is 22.9 Å². The summed E-state index contributed by atoms with van der Waals surface area (Å²) in [5, 5.41) is 7.34. The number of nitrogens with zero attached hydrogens (tertiary/aromatic N) is 2. The smallest absolute Gasteiger partial charge is 0.357 e. The number of hydrogen-bond donors (Lipinski definition) is 1. The van der Waals surface area contributed by atoms with Crippen molar-refractivity contribution in [1.29, 1.82) is 0 Å². The van der Waals surface area contributed by atoms with Crippen LogP contribution in [0.25, 0.3) is 16.9 Å². The molecule has 0 saturated heterocycles. The first-order valence-corrected chi connectivity index (χ1v) is 10.7. The molecule has 8 heteroatoms. The maximum absolute atomic E-state index is 12.9. The Balaban J connectivity index is 1.26. The van der Waals surface area contributed by atoms with Crippen molar-refractivity contribution in [2.75, 3.05) is 13.4 Å². The second kappa shape index (κ2) is 9.50. The van der Waals surface area contributed by atoms with Gasteiger partial charge in [0.25, 0.3) is 5.91 Å². The number of para-hydroxylation sites is 1. The van der Waals surface area contributed by atoms with E-state index in [0.717, 1.165) is 11.1 Å². The molecule has 0 bridgehead atoms. The molecule has 1 aliphatic rings. The third-order valence-electron chi connectivity index (χ3n) is 5.25. The van der Waals surface area contributed by atoms with E-state index in [9.17, 15) is 9.59 Å². The number of fused-ring (bicyclic) bond motifs is 1. The first-order valence-electron chi connectivity index (χ1n) is 10.7. The van der Waals surface area contributed by atoms with Gasteiger partial charge in [-0.05, 0) is 35.9 Å². The molecule has 2 heterocycles. The van der Waals surface area contributed by atoms with Gasteiger partial charge in [0, 0.05) is 12.1 Å². The Morgan fingerprint density at radius 3 is 2.44 bits per heavy atom. The van der Waals surface area contributed by atoms with Gasteiger partial charge in [-0.2, -0.15) is 5.10 Å². The highest BCUT2D eigenvalue weighted by Crippen LogP contribution is 2.32. The zero-order valence-electron chi connectivity index (χ0n) is 18.1. The molecule has 0 fully saturated rings. The normalized spacial score (nSPS) is 11.8. The Kier molecular flexibility index (Phi) is 5.94. The number of benzene rings is 3. The predicted octanol–water partition coefficient (Wildman–Crippen LogP) is 3.74. The number of esters is 1. The van der Waals surface area contributed by atoms with Crippen molar-refractivity contribution in [3.63, 3.8) is 0 Å². The van der Waals surface area contributed by atoms with Crippen molar-refractivity contribution in [2.45, 2.75) is 6.54 Å². The van der Waals surface area contributed by atoms with Crippen LogP contribution in [0.5, 0.6) is 11.5 Å². The molecule has 0 radical (unpaired) electrons. The first kappa shape index (κ1) is 21.3. The van der Waals surface area contributed by atoms with Crippen LogP contribution in [-0.2, 0) is 16.1 Å². The van der Waals surface area contributed by atoms with E-state index in [2.05, 4.69) is 10.4 Å². The lowest BCUT2D eigenvalue weighted by Crippen LogP contribution is -2.28. The molecule has 4 aromatic rings. The van der Waals surface area contributed by atoms with Gasteiger partial charge in [0.2, 0.25) is 6.79 Å². The van der Waals surface area contributed by atoms with Crippen molar-refractivity contribution in [3.8, 4) is 28.4 Å². The number of nitrogens with one attached hydrogen (secondary N) is 1. The van der Waals surface area contributed by atoms with Crippen molar-refractivity contribution in [2.24, 2.45) is 0 Å². The summed E-state index contributed by atoms with van der Waals surface area (Å²) in [6.07, 6.45) is 0. The van der Waals surface area contributed by atoms with Crippen LogP contribution in [0.4, 0.5) is 0 Å². The van der Waals surface area contributed by atoms with Crippen molar-refractivity contribution in [1.82, 2.24) is 15.1 Å². The number of rotatable bonds is 7. The van der Waals surface area contributed by atoms with Gasteiger partial charge < -0.3 is 19.5 Å². The molecule has 0 saturated carbocycles. The lowest BCUT2D eigenvalue weighted by atomic mass is 10.1. The fraction of sp³-hybridized carbons (Fsp3) is 0.115. The summed E-state index contributed by atoms with van der Waals surface area (Å²) in [5.74, 6) is 0.257. The quantitative estimate of drug-likeness (QED) is 0.427. The average molecular weight is 455 g/mol. The van der Waals surface area contributed by atoms with Gasteiger partial charge in [-0.1, -0.05) is 54.6 Å². The van der Waals surface area contributed by atoms with Crippen LogP contribution in [0.3, 0.4) is 0 Å². The number of carbonyl (C=O) groups excluding carboxylic acids is 2. The van der Waals surface area contributed by atoms with Gasteiger partial charge in [0.05, 0.1) is 11.4 Å². The molecule has 1 amide bonds. The van der Waals surface area contributed by atoms with Gasteiger partial charge in [-0.25, -0.2) is 9.48 Å². The monoisotopic (exact) mass is 455 g/mol. The van der Waals surface area contributed by atoms with E-state index in [4.69, 9.17) is 14.2 Å². The minimum absolute atomic E-state index is 0.187. The van der Waals surface area contributed by atoms with Crippen molar-refractivity contribution >= 4 is 11.9 Å². The van der Waals surface area contributed by atoms with E-state index in [1.807, 2.05) is 66.7 Å². The number of aromatic nitrogens is 2. The van der Waals surface area contributed by atoms with Gasteiger partial charge in [0.1, 0.15) is 0 Å². The van der Waals surface area contributed by atoms with Crippen LogP contribution in [0.15, 0.2) is 84.9 Å². The van der Waals surface area contributed by atoms with Crippen LogP contribution in [-0.4, -0.2) is 35.1 Å². The van der Waals surface area contributed by atoms with Gasteiger partial charge in [-0.15, -0.1) is 0 Å². The lowest BCUT2D eigenvalue weighted by molar-refractivity contribution is -0.124. The molecule has 1 aromatic heterocycles. The SMILES string of the molecule is O=C(COC(=O)c1cc(-c2ccccc2)nn1-c1ccccc1)NCc1ccc2c(c1)OCO2. The van der Waals surface area contributed by atoms with E-state index in [1.165, 1.54) is 4.68 Å². The standard InChI is InChI=1S/C26H21N3O5/c30-25(27-15-18-11-12-23-24(13-18)34-17-33-23)16-32-26(31)22-14-21(19-7-3-1-4-8-19)28-29(22)20-9-5-2-6-10-20/h1-14H,15-17H2,(H,27,30). The van der Waals surface area contributed by atoms with Crippen molar-refractivity contribution < 1.29 is 23.8 Å². The Labute approximate surface area is 195 Å². The van der Waals surface area contributed by atoms with Crippen LogP contribution >= 0.6 is 0 Å². The fourth-order valence-corrected chi connectivity index (χ4v) is 3.55. The van der Waals surface area contributed by atoms with Crippen LogP contribution in [0.2, 0.25) is 0 Å². The summed E-state index contributed by atoms with van der Waals surface area (Å²) in [7, 11) is 0. The van der Waals surface area contributed by atoms with E-state index < -0.39 is 18.5 Å². The fourth-order valence-electron chi connectivity index (χ4n) is 3.55. The van der Waals surface area contributed by atoms with Gasteiger partial charge >= 0.3 is 5.97 Å².